The topological polar surface area (TPSA) is 113 Å². The van der Waals surface area contributed by atoms with Crippen molar-refractivity contribution in [2.24, 2.45) is 0 Å². The number of carbonyl (C=O) groups excluding carboxylic acids is 1. The Morgan fingerprint density at radius 2 is 2.10 bits per heavy atom. The summed E-state index contributed by atoms with van der Waals surface area (Å²) in [4.78, 5) is 22.0. The molecule has 0 atom stereocenters. The number of anilines is 1. The largest absolute Gasteiger partial charge is 0.506 e. The first-order chi connectivity index (χ1) is 9.40. The molecule has 20 heavy (non-hydrogen) atoms. The van der Waals surface area contributed by atoms with Gasteiger partial charge in [0.2, 0.25) is 11.7 Å². The van der Waals surface area contributed by atoms with Gasteiger partial charge in [-0.3, -0.25) is 4.79 Å². The fourth-order valence-electron chi connectivity index (χ4n) is 1.61. The van der Waals surface area contributed by atoms with Crippen molar-refractivity contribution in [3.63, 3.8) is 0 Å². The summed E-state index contributed by atoms with van der Waals surface area (Å²) in [6.07, 6.45) is 0. The summed E-state index contributed by atoms with van der Waals surface area (Å²) in [5.41, 5.74) is 0.627. The molecule has 2 rings (SSSR count). The van der Waals surface area contributed by atoms with E-state index in [1.54, 1.807) is 6.07 Å². The maximum atomic E-state index is 11.2. The van der Waals surface area contributed by atoms with E-state index in [0.717, 1.165) is 0 Å². The maximum Gasteiger partial charge on any atom is 0.374 e. The summed E-state index contributed by atoms with van der Waals surface area (Å²) < 4.78 is 5.19. The standard InChI is InChI=1S/C12H9BrN2O5/c1-5(16)14-11-8(17)3-2-6(13)10(11)7-4-9(12(18)19)20-15-7/h2-4,17H,1H3,(H,14,16)(H,18,19). The highest BCUT2D eigenvalue weighted by molar-refractivity contribution is 9.10. The molecule has 0 unspecified atom stereocenters. The Kier molecular flexibility index (Phi) is 3.75. The van der Waals surface area contributed by atoms with Crippen LogP contribution in [0.25, 0.3) is 11.3 Å². The molecule has 1 heterocycles. The van der Waals surface area contributed by atoms with Crippen molar-refractivity contribution < 1.29 is 24.3 Å². The number of carboxylic acids is 1. The Hall–Kier alpha value is -2.35. The zero-order valence-electron chi connectivity index (χ0n) is 10.2. The number of carboxylic acid groups (broad SMARTS) is 1. The average molecular weight is 341 g/mol. The second kappa shape index (κ2) is 5.33. The van der Waals surface area contributed by atoms with Crippen LogP contribution in [0.1, 0.15) is 17.5 Å². The Morgan fingerprint density at radius 3 is 2.65 bits per heavy atom. The summed E-state index contributed by atoms with van der Waals surface area (Å²) in [5.74, 6) is -2.16. The third kappa shape index (κ3) is 2.64. The minimum absolute atomic E-state index is 0.122. The second-order valence-electron chi connectivity index (χ2n) is 3.88. The smallest absolute Gasteiger partial charge is 0.374 e. The van der Waals surface area contributed by atoms with Gasteiger partial charge in [-0.05, 0) is 12.1 Å². The number of aromatic carboxylic acids is 1. The third-order valence-corrected chi connectivity index (χ3v) is 3.07. The lowest BCUT2D eigenvalue weighted by Gasteiger charge is -2.11. The van der Waals surface area contributed by atoms with E-state index in [0.29, 0.717) is 10.0 Å². The van der Waals surface area contributed by atoms with Crippen LogP contribution in [-0.2, 0) is 4.79 Å². The first kappa shape index (κ1) is 14.1. The molecule has 3 N–H and O–H groups in total. The molecule has 0 aliphatic heterocycles. The van der Waals surface area contributed by atoms with Crippen molar-refractivity contribution in [1.82, 2.24) is 5.16 Å². The van der Waals surface area contributed by atoms with E-state index >= 15 is 0 Å². The van der Waals surface area contributed by atoms with E-state index in [1.165, 1.54) is 19.1 Å². The Morgan fingerprint density at radius 1 is 1.40 bits per heavy atom. The summed E-state index contributed by atoms with van der Waals surface area (Å²) >= 11 is 3.26. The number of nitrogens with zero attached hydrogens (tertiary/aromatic N) is 1. The molecule has 2 aromatic rings. The normalized spacial score (nSPS) is 10.3. The fraction of sp³-hybridized carbons (Fsp3) is 0.0833. The first-order valence-electron chi connectivity index (χ1n) is 5.39. The van der Waals surface area contributed by atoms with Crippen molar-refractivity contribution in [2.45, 2.75) is 6.92 Å². The van der Waals surface area contributed by atoms with Crippen LogP contribution in [0.5, 0.6) is 5.75 Å². The van der Waals surface area contributed by atoms with Crippen LogP contribution < -0.4 is 5.32 Å². The number of amides is 1. The van der Waals surface area contributed by atoms with Gasteiger partial charge in [0.05, 0.1) is 5.69 Å². The number of aromatic hydroxyl groups is 1. The van der Waals surface area contributed by atoms with Gasteiger partial charge in [0.25, 0.3) is 0 Å². The molecule has 104 valence electrons. The number of phenols is 1. The minimum atomic E-state index is -1.26. The summed E-state index contributed by atoms with van der Waals surface area (Å²) in [6, 6.07) is 4.13. The van der Waals surface area contributed by atoms with Crippen LogP contribution >= 0.6 is 15.9 Å². The molecular formula is C12H9BrN2O5. The van der Waals surface area contributed by atoms with Gasteiger partial charge in [-0.1, -0.05) is 21.1 Å². The second-order valence-corrected chi connectivity index (χ2v) is 4.73. The van der Waals surface area contributed by atoms with Crippen molar-refractivity contribution in [3.8, 4) is 17.0 Å². The van der Waals surface area contributed by atoms with Crippen molar-refractivity contribution in [2.75, 3.05) is 5.32 Å². The highest BCUT2D eigenvalue weighted by Crippen LogP contribution is 2.40. The van der Waals surface area contributed by atoms with Gasteiger partial charge in [-0.15, -0.1) is 0 Å². The monoisotopic (exact) mass is 340 g/mol. The van der Waals surface area contributed by atoms with Gasteiger partial charge < -0.3 is 20.1 Å². The number of hydrogen-bond acceptors (Lipinski definition) is 5. The Bertz CT molecular complexity index is 695. The molecule has 0 saturated heterocycles. The SMILES string of the molecule is CC(=O)Nc1c(O)ccc(Br)c1-c1cc(C(=O)O)on1. The zero-order chi connectivity index (χ0) is 14.9. The van der Waals surface area contributed by atoms with E-state index in [2.05, 4.69) is 30.9 Å². The predicted molar refractivity (Wildman–Crippen MR) is 72.6 cm³/mol. The molecule has 0 spiro atoms. The summed E-state index contributed by atoms with van der Waals surface area (Å²) in [6.45, 7) is 1.29. The molecule has 8 heteroatoms. The molecule has 0 aliphatic carbocycles. The van der Waals surface area contributed by atoms with E-state index in [1.807, 2.05) is 0 Å². The van der Waals surface area contributed by atoms with Crippen LogP contribution in [0.15, 0.2) is 27.2 Å². The molecular weight excluding hydrogens is 332 g/mol. The van der Waals surface area contributed by atoms with E-state index in [9.17, 15) is 14.7 Å². The number of carbonyl (C=O) groups is 2. The number of hydrogen-bond donors (Lipinski definition) is 3. The van der Waals surface area contributed by atoms with Gasteiger partial charge in [0, 0.05) is 23.0 Å². The highest BCUT2D eigenvalue weighted by atomic mass is 79.9. The summed E-state index contributed by atoms with van der Waals surface area (Å²) in [7, 11) is 0. The number of nitrogens with one attached hydrogen (secondary N) is 1. The van der Waals surface area contributed by atoms with Crippen molar-refractivity contribution in [1.29, 1.82) is 0 Å². The van der Waals surface area contributed by atoms with Gasteiger partial charge in [-0.2, -0.15) is 0 Å². The van der Waals surface area contributed by atoms with Gasteiger partial charge in [-0.25, -0.2) is 4.79 Å². The number of halogens is 1. The molecule has 0 fully saturated rings. The lowest BCUT2D eigenvalue weighted by molar-refractivity contribution is -0.114. The van der Waals surface area contributed by atoms with Crippen molar-refractivity contribution in [3.05, 3.63) is 28.4 Å². The fourth-order valence-corrected chi connectivity index (χ4v) is 2.15. The Balaban J connectivity index is 2.61. The molecule has 0 radical (unpaired) electrons. The maximum absolute atomic E-state index is 11.2. The predicted octanol–water partition coefficient (Wildman–Crippen LogP) is 2.47. The zero-order valence-corrected chi connectivity index (χ0v) is 11.8. The van der Waals surface area contributed by atoms with Crippen LogP contribution in [-0.4, -0.2) is 27.2 Å². The third-order valence-electron chi connectivity index (χ3n) is 2.41. The van der Waals surface area contributed by atoms with Gasteiger partial charge in [0.1, 0.15) is 11.4 Å². The van der Waals surface area contributed by atoms with E-state index < -0.39 is 5.97 Å². The quantitative estimate of drug-likeness (QED) is 0.739. The van der Waals surface area contributed by atoms with Crippen LogP contribution in [0.3, 0.4) is 0 Å². The molecule has 1 aromatic carbocycles. The number of benzene rings is 1. The van der Waals surface area contributed by atoms with Crippen LogP contribution in [0.2, 0.25) is 0 Å². The lowest BCUT2D eigenvalue weighted by Crippen LogP contribution is -2.07. The van der Waals surface area contributed by atoms with E-state index in [-0.39, 0.29) is 28.8 Å². The average Bonchev–Trinajstić information content (AvgIpc) is 2.83. The van der Waals surface area contributed by atoms with Gasteiger partial charge >= 0.3 is 5.97 Å². The number of phenolic OH excluding ortho intramolecular Hbond substituents is 1. The molecule has 7 nitrogen and oxygen atoms in total. The molecule has 0 saturated carbocycles. The van der Waals surface area contributed by atoms with Crippen molar-refractivity contribution >= 4 is 33.5 Å². The van der Waals surface area contributed by atoms with Crippen LogP contribution in [0.4, 0.5) is 5.69 Å². The number of aromatic nitrogens is 1. The molecule has 1 aromatic heterocycles. The lowest BCUT2D eigenvalue weighted by atomic mass is 10.1. The Labute approximate surface area is 121 Å². The molecule has 0 aliphatic rings. The molecule has 1 amide bonds. The first-order valence-corrected chi connectivity index (χ1v) is 6.19. The minimum Gasteiger partial charge on any atom is -0.506 e. The van der Waals surface area contributed by atoms with Crippen LogP contribution in [0, 0.1) is 0 Å². The molecule has 0 bridgehead atoms. The summed E-state index contributed by atoms with van der Waals surface area (Å²) in [5, 5.41) is 24.8. The van der Waals surface area contributed by atoms with Gasteiger partial charge in [0.15, 0.2) is 0 Å². The highest BCUT2D eigenvalue weighted by Gasteiger charge is 2.20. The number of rotatable bonds is 3. The van der Waals surface area contributed by atoms with E-state index in [4.69, 9.17) is 5.11 Å².